The van der Waals surface area contributed by atoms with Crippen LogP contribution in [0.2, 0.25) is 0 Å². The monoisotopic (exact) mass is 290 g/mol. The van der Waals surface area contributed by atoms with Gasteiger partial charge < -0.3 is 14.5 Å². The Balaban J connectivity index is 1.89. The van der Waals surface area contributed by atoms with Crippen molar-refractivity contribution in [1.82, 2.24) is 5.32 Å². The zero-order valence-electron chi connectivity index (χ0n) is 12.0. The Kier molecular flexibility index (Phi) is 4.94. The van der Waals surface area contributed by atoms with Crippen LogP contribution in [0.5, 0.6) is 5.75 Å². The first-order chi connectivity index (χ1) is 10.1. The summed E-state index contributed by atoms with van der Waals surface area (Å²) in [6.45, 7) is 2.49. The van der Waals surface area contributed by atoms with Gasteiger partial charge in [0.15, 0.2) is 0 Å². The normalized spacial score (nSPS) is 12.1. The molecule has 2 aromatic rings. The Morgan fingerprint density at radius 1 is 1.33 bits per heavy atom. The molecule has 2 rings (SSSR count). The van der Waals surface area contributed by atoms with Gasteiger partial charge in [0.2, 0.25) is 0 Å². The number of rotatable bonds is 7. The summed E-state index contributed by atoms with van der Waals surface area (Å²) in [5, 5.41) is 13.8. The molecule has 1 aromatic heterocycles. The Bertz CT molecular complexity index is 609. The predicted octanol–water partition coefficient (Wildman–Crippen LogP) is 2.92. The van der Waals surface area contributed by atoms with Crippen LogP contribution in [0.1, 0.15) is 18.2 Å². The zero-order chi connectivity index (χ0) is 15.2. The topological polar surface area (TPSA) is 77.5 Å². The molecule has 0 fully saturated rings. The SMILES string of the molecule is COc1ccccc1CC(C)NCc1ccc([N+](=O)[O-])o1. The van der Waals surface area contributed by atoms with Gasteiger partial charge in [-0.3, -0.25) is 10.1 Å². The highest BCUT2D eigenvalue weighted by molar-refractivity contribution is 5.33. The van der Waals surface area contributed by atoms with Crippen LogP contribution in [-0.2, 0) is 13.0 Å². The number of para-hydroxylation sites is 1. The molecule has 6 nitrogen and oxygen atoms in total. The maximum Gasteiger partial charge on any atom is 0.433 e. The highest BCUT2D eigenvalue weighted by Crippen LogP contribution is 2.19. The first-order valence-corrected chi connectivity index (χ1v) is 6.68. The van der Waals surface area contributed by atoms with Crippen LogP contribution < -0.4 is 10.1 Å². The number of nitrogens with one attached hydrogen (secondary N) is 1. The first kappa shape index (κ1) is 15.1. The fraction of sp³-hybridized carbons (Fsp3) is 0.333. The lowest BCUT2D eigenvalue weighted by molar-refractivity contribution is -0.402. The van der Waals surface area contributed by atoms with E-state index in [0.29, 0.717) is 12.3 Å². The van der Waals surface area contributed by atoms with Crippen molar-refractivity contribution < 1.29 is 14.1 Å². The molecule has 0 bridgehead atoms. The Morgan fingerprint density at radius 3 is 2.76 bits per heavy atom. The minimum absolute atomic E-state index is 0.186. The second kappa shape index (κ2) is 6.90. The van der Waals surface area contributed by atoms with Crippen molar-refractivity contribution in [3.05, 3.63) is 57.8 Å². The van der Waals surface area contributed by atoms with Gasteiger partial charge >= 0.3 is 5.88 Å². The number of nitrogens with zero attached hydrogens (tertiary/aromatic N) is 1. The van der Waals surface area contributed by atoms with Gasteiger partial charge in [-0.05, 0) is 31.0 Å². The molecular formula is C15H18N2O4. The highest BCUT2D eigenvalue weighted by Gasteiger charge is 2.13. The summed E-state index contributed by atoms with van der Waals surface area (Å²) < 4.78 is 10.4. The standard InChI is InChI=1S/C15H18N2O4/c1-11(9-12-5-3-4-6-14(12)20-2)16-10-13-7-8-15(21-13)17(18)19/h3-8,11,16H,9-10H2,1-2H3. The van der Waals surface area contributed by atoms with Crippen LogP contribution in [0.15, 0.2) is 40.8 Å². The summed E-state index contributed by atoms with van der Waals surface area (Å²) in [7, 11) is 1.65. The largest absolute Gasteiger partial charge is 0.496 e. The van der Waals surface area contributed by atoms with Crippen LogP contribution in [0.25, 0.3) is 0 Å². The molecule has 1 aromatic carbocycles. The van der Waals surface area contributed by atoms with Crippen LogP contribution in [0, 0.1) is 10.1 Å². The molecule has 0 aliphatic carbocycles. The molecule has 0 aliphatic heterocycles. The number of hydrogen-bond donors (Lipinski definition) is 1. The molecule has 1 atom stereocenters. The van der Waals surface area contributed by atoms with E-state index in [9.17, 15) is 10.1 Å². The predicted molar refractivity (Wildman–Crippen MR) is 78.4 cm³/mol. The summed E-state index contributed by atoms with van der Waals surface area (Å²) in [6, 6.07) is 11.0. The van der Waals surface area contributed by atoms with Crippen molar-refractivity contribution in [3.63, 3.8) is 0 Å². The molecular weight excluding hydrogens is 272 g/mol. The van der Waals surface area contributed by atoms with E-state index in [0.717, 1.165) is 17.7 Å². The minimum Gasteiger partial charge on any atom is -0.496 e. The lowest BCUT2D eigenvalue weighted by Gasteiger charge is -2.15. The van der Waals surface area contributed by atoms with Gasteiger partial charge in [0, 0.05) is 6.04 Å². The van der Waals surface area contributed by atoms with Crippen molar-refractivity contribution in [1.29, 1.82) is 0 Å². The second-order valence-corrected chi connectivity index (χ2v) is 4.79. The van der Waals surface area contributed by atoms with Gasteiger partial charge in [0.1, 0.15) is 16.4 Å². The maximum atomic E-state index is 10.5. The van der Waals surface area contributed by atoms with E-state index >= 15 is 0 Å². The van der Waals surface area contributed by atoms with Gasteiger partial charge in [0.05, 0.1) is 19.7 Å². The van der Waals surface area contributed by atoms with Crippen molar-refractivity contribution in [3.8, 4) is 5.75 Å². The van der Waals surface area contributed by atoms with E-state index in [-0.39, 0.29) is 11.9 Å². The number of nitro groups is 1. The van der Waals surface area contributed by atoms with Gasteiger partial charge in [0.25, 0.3) is 0 Å². The molecule has 21 heavy (non-hydrogen) atoms. The van der Waals surface area contributed by atoms with Crippen LogP contribution >= 0.6 is 0 Å². The van der Waals surface area contributed by atoms with Crippen LogP contribution in [-0.4, -0.2) is 18.1 Å². The van der Waals surface area contributed by atoms with E-state index in [1.807, 2.05) is 31.2 Å². The molecule has 6 heteroatoms. The van der Waals surface area contributed by atoms with Gasteiger partial charge in [-0.15, -0.1) is 0 Å². The number of furan rings is 1. The number of hydrogen-bond acceptors (Lipinski definition) is 5. The highest BCUT2D eigenvalue weighted by atomic mass is 16.6. The van der Waals surface area contributed by atoms with Gasteiger partial charge in [-0.2, -0.15) is 0 Å². The van der Waals surface area contributed by atoms with Gasteiger partial charge in [-0.1, -0.05) is 18.2 Å². The van der Waals surface area contributed by atoms with Crippen LogP contribution in [0.3, 0.4) is 0 Å². The summed E-state index contributed by atoms with van der Waals surface area (Å²) in [5.41, 5.74) is 1.12. The molecule has 112 valence electrons. The fourth-order valence-corrected chi connectivity index (χ4v) is 2.11. The third kappa shape index (κ3) is 4.06. The Morgan fingerprint density at radius 2 is 2.10 bits per heavy atom. The van der Waals surface area contributed by atoms with Crippen molar-refractivity contribution >= 4 is 5.88 Å². The lowest BCUT2D eigenvalue weighted by atomic mass is 10.1. The molecule has 0 radical (unpaired) electrons. The minimum atomic E-state index is -0.540. The molecule has 1 unspecified atom stereocenters. The molecule has 0 saturated carbocycles. The molecule has 0 spiro atoms. The zero-order valence-corrected chi connectivity index (χ0v) is 12.0. The van der Waals surface area contributed by atoms with Crippen molar-refractivity contribution in [2.24, 2.45) is 0 Å². The third-order valence-corrected chi connectivity index (χ3v) is 3.17. The molecule has 1 N–H and O–H groups in total. The van der Waals surface area contributed by atoms with E-state index in [2.05, 4.69) is 5.32 Å². The third-order valence-electron chi connectivity index (χ3n) is 3.17. The Labute approximate surface area is 122 Å². The lowest BCUT2D eigenvalue weighted by Crippen LogP contribution is -2.27. The number of ether oxygens (including phenoxy) is 1. The average Bonchev–Trinajstić information content (AvgIpc) is 2.95. The summed E-state index contributed by atoms with van der Waals surface area (Å²) >= 11 is 0. The fourth-order valence-electron chi connectivity index (χ4n) is 2.11. The maximum absolute atomic E-state index is 10.5. The average molecular weight is 290 g/mol. The van der Waals surface area contributed by atoms with Crippen molar-refractivity contribution in [2.45, 2.75) is 25.9 Å². The van der Waals surface area contributed by atoms with E-state index < -0.39 is 4.92 Å². The summed E-state index contributed by atoms with van der Waals surface area (Å²) in [6.07, 6.45) is 0.798. The number of methoxy groups -OCH3 is 1. The van der Waals surface area contributed by atoms with Crippen molar-refractivity contribution in [2.75, 3.05) is 7.11 Å². The molecule has 0 aliphatic rings. The summed E-state index contributed by atoms with van der Waals surface area (Å²) in [4.78, 5) is 10.0. The van der Waals surface area contributed by atoms with E-state index in [1.165, 1.54) is 6.07 Å². The first-order valence-electron chi connectivity index (χ1n) is 6.68. The molecule has 0 saturated heterocycles. The Hall–Kier alpha value is -2.34. The second-order valence-electron chi connectivity index (χ2n) is 4.79. The molecule has 0 amide bonds. The van der Waals surface area contributed by atoms with E-state index in [1.54, 1.807) is 13.2 Å². The smallest absolute Gasteiger partial charge is 0.433 e. The number of benzene rings is 1. The molecule has 1 heterocycles. The quantitative estimate of drug-likeness (QED) is 0.626. The summed E-state index contributed by atoms with van der Waals surface area (Å²) in [5.74, 6) is 1.18. The van der Waals surface area contributed by atoms with Crippen LogP contribution in [0.4, 0.5) is 5.88 Å². The van der Waals surface area contributed by atoms with Gasteiger partial charge in [-0.25, -0.2) is 0 Å². The van der Waals surface area contributed by atoms with E-state index in [4.69, 9.17) is 9.15 Å².